The van der Waals surface area contributed by atoms with Crippen LogP contribution in [0.25, 0.3) is 0 Å². The van der Waals surface area contributed by atoms with Crippen molar-refractivity contribution in [3.05, 3.63) is 65.2 Å². The van der Waals surface area contributed by atoms with E-state index in [0.29, 0.717) is 6.42 Å². The Morgan fingerprint density at radius 3 is 2.90 bits per heavy atom. The number of carbonyl (C=O) groups excluding carboxylic acids is 1. The molecule has 1 heterocycles. The lowest BCUT2D eigenvalue weighted by Crippen LogP contribution is -2.34. The Labute approximate surface area is 115 Å². The average molecular weight is 272 g/mol. The molecule has 5 heteroatoms. The molecule has 20 heavy (non-hydrogen) atoms. The fraction of sp³-hybridized carbons (Fsp3) is 0.200. The van der Waals surface area contributed by atoms with E-state index in [0.717, 1.165) is 11.1 Å². The zero-order valence-corrected chi connectivity index (χ0v) is 10.6. The fourth-order valence-electron chi connectivity index (χ4n) is 2.52. The molecule has 102 valence electrons. The summed E-state index contributed by atoms with van der Waals surface area (Å²) in [6.45, 7) is 0. The molecule has 0 fully saturated rings. The van der Waals surface area contributed by atoms with Crippen LogP contribution in [0.15, 0.2) is 42.6 Å². The van der Waals surface area contributed by atoms with Gasteiger partial charge in [-0.3, -0.25) is 4.79 Å². The SMILES string of the molecule is O=C(N[C@H]1c2ccccc2C[C@H]1O)c1cccnc1F. The number of hydrogen-bond acceptors (Lipinski definition) is 3. The normalized spacial score (nSPS) is 20.5. The van der Waals surface area contributed by atoms with Crippen molar-refractivity contribution < 1.29 is 14.3 Å². The molecule has 0 bridgehead atoms. The highest BCUT2D eigenvalue weighted by atomic mass is 19.1. The van der Waals surface area contributed by atoms with E-state index < -0.39 is 24.0 Å². The van der Waals surface area contributed by atoms with Gasteiger partial charge in [0.15, 0.2) is 0 Å². The predicted molar refractivity (Wildman–Crippen MR) is 70.6 cm³/mol. The summed E-state index contributed by atoms with van der Waals surface area (Å²) in [7, 11) is 0. The number of pyridine rings is 1. The third kappa shape index (κ3) is 2.16. The van der Waals surface area contributed by atoms with E-state index >= 15 is 0 Å². The number of benzene rings is 1. The number of aliphatic hydroxyl groups excluding tert-OH is 1. The van der Waals surface area contributed by atoms with Crippen molar-refractivity contribution in [1.29, 1.82) is 0 Å². The van der Waals surface area contributed by atoms with Crippen LogP contribution in [0.5, 0.6) is 0 Å². The van der Waals surface area contributed by atoms with Gasteiger partial charge >= 0.3 is 0 Å². The molecular weight excluding hydrogens is 259 g/mol. The fourth-order valence-corrected chi connectivity index (χ4v) is 2.52. The first kappa shape index (κ1) is 12.7. The van der Waals surface area contributed by atoms with Crippen molar-refractivity contribution in [2.45, 2.75) is 18.6 Å². The second-order valence-electron chi connectivity index (χ2n) is 4.76. The number of aliphatic hydroxyl groups is 1. The summed E-state index contributed by atoms with van der Waals surface area (Å²) in [5.41, 5.74) is 1.75. The Kier molecular flexibility index (Phi) is 3.20. The Balaban J connectivity index is 1.85. The molecule has 2 N–H and O–H groups in total. The molecule has 0 saturated carbocycles. The minimum atomic E-state index is -0.814. The third-order valence-corrected chi connectivity index (χ3v) is 3.49. The number of carbonyl (C=O) groups is 1. The molecule has 0 saturated heterocycles. The molecule has 2 atom stereocenters. The van der Waals surface area contributed by atoms with Gasteiger partial charge in [-0.1, -0.05) is 24.3 Å². The van der Waals surface area contributed by atoms with Crippen molar-refractivity contribution in [1.82, 2.24) is 10.3 Å². The first-order valence-electron chi connectivity index (χ1n) is 6.34. The summed E-state index contributed by atoms with van der Waals surface area (Å²) in [5.74, 6) is -1.39. The molecule has 1 amide bonds. The van der Waals surface area contributed by atoms with Crippen LogP contribution in [0, 0.1) is 5.95 Å². The Morgan fingerprint density at radius 1 is 1.30 bits per heavy atom. The third-order valence-electron chi connectivity index (χ3n) is 3.49. The molecule has 1 aliphatic rings. The molecule has 0 radical (unpaired) electrons. The maximum atomic E-state index is 13.5. The molecule has 0 spiro atoms. The zero-order chi connectivity index (χ0) is 14.1. The van der Waals surface area contributed by atoms with Crippen LogP contribution in [-0.4, -0.2) is 22.1 Å². The number of nitrogens with zero attached hydrogens (tertiary/aromatic N) is 1. The monoisotopic (exact) mass is 272 g/mol. The maximum absolute atomic E-state index is 13.5. The number of nitrogens with one attached hydrogen (secondary N) is 1. The minimum Gasteiger partial charge on any atom is -0.390 e. The molecule has 1 aromatic carbocycles. The first-order valence-corrected chi connectivity index (χ1v) is 6.34. The van der Waals surface area contributed by atoms with Crippen LogP contribution in [0.2, 0.25) is 0 Å². The van der Waals surface area contributed by atoms with Gasteiger partial charge in [-0.15, -0.1) is 0 Å². The summed E-state index contributed by atoms with van der Waals surface area (Å²) in [4.78, 5) is 15.5. The number of hydrogen-bond donors (Lipinski definition) is 2. The Bertz CT molecular complexity index is 660. The van der Waals surface area contributed by atoms with Crippen molar-refractivity contribution in [2.24, 2.45) is 0 Å². The van der Waals surface area contributed by atoms with E-state index in [4.69, 9.17) is 0 Å². The van der Waals surface area contributed by atoms with Gasteiger partial charge in [-0.05, 0) is 23.3 Å². The second-order valence-corrected chi connectivity index (χ2v) is 4.76. The van der Waals surface area contributed by atoms with Gasteiger partial charge in [0, 0.05) is 12.6 Å². The van der Waals surface area contributed by atoms with Gasteiger partial charge in [0.05, 0.1) is 17.7 Å². The summed E-state index contributed by atoms with van der Waals surface area (Å²) < 4.78 is 13.5. The van der Waals surface area contributed by atoms with Crippen molar-refractivity contribution >= 4 is 5.91 Å². The summed E-state index contributed by atoms with van der Waals surface area (Å²) in [6.07, 6.45) is 1.07. The highest BCUT2D eigenvalue weighted by Crippen LogP contribution is 2.31. The van der Waals surface area contributed by atoms with Gasteiger partial charge < -0.3 is 10.4 Å². The van der Waals surface area contributed by atoms with Crippen LogP contribution in [0.4, 0.5) is 4.39 Å². The molecule has 4 nitrogen and oxygen atoms in total. The number of halogens is 1. The second kappa shape index (κ2) is 5.02. The molecule has 0 aliphatic heterocycles. The van der Waals surface area contributed by atoms with E-state index in [1.807, 2.05) is 24.3 Å². The van der Waals surface area contributed by atoms with Crippen LogP contribution < -0.4 is 5.32 Å². The predicted octanol–water partition coefficient (Wildman–Crippen LogP) is 1.61. The standard InChI is InChI=1S/C15H13FN2O2/c16-14-11(6-3-7-17-14)15(20)18-13-10-5-2-1-4-9(10)8-12(13)19/h1-7,12-13,19H,8H2,(H,18,20)/t12-,13+/m1/s1. The van der Waals surface area contributed by atoms with Gasteiger partial charge in [0.2, 0.25) is 5.95 Å². The Morgan fingerprint density at radius 2 is 2.10 bits per heavy atom. The minimum absolute atomic E-state index is 0.121. The smallest absolute Gasteiger partial charge is 0.256 e. The topological polar surface area (TPSA) is 62.2 Å². The molecule has 2 aromatic rings. The van der Waals surface area contributed by atoms with E-state index in [1.54, 1.807) is 0 Å². The first-order chi connectivity index (χ1) is 9.66. The van der Waals surface area contributed by atoms with Crippen LogP contribution >= 0.6 is 0 Å². The van der Waals surface area contributed by atoms with Crippen molar-refractivity contribution in [2.75, 3.05) is 0 Å². The van der Waals surface area contributed by atoms with Gasteiger partial charge in [0.1, 0.15) is 0 Å². The number of rotatable bonds is 2. The average Bonchev–Trinajstić information content (AvgIpc) is 2.76. The van der Waals surface area contributed by atoms with Gasteiger partial charge in [-0.2, -0.15) is 4.39 Å². The number of amides is 1. The molecular formula is C15H13FN2O2. The van der Waals surface area contributed by atoms with E-state index in [-0.39, 0.29) is 5.56 Å². The number of aromatic nitrogens is 1. The van der Waals surface area contributed by atoms with Crippen LogP contribution in [-0.2, 0) is 6.42 Å². The summed E-state index contributed by atoms with van der Waals surface area (Å²) in [6, 6.07) is 9.85. The summed E-state index contributed by atoms with van der Waals surface area (Å²) in [5, 5.41) is 12.7. The zero-order valence-electron chi connectivity index (χ0n) is 10.6. The molecule has 0 unspecified atom stereocenters. The van der Waals surface area contributed by atoms with Gasteiger partial charge in [-0.25, -0.2) is 4.98 Å². The quantitative estimate of drug-likeness (QED) is 0.816. The molecule has 1 aliphatic carbocycles. The van der Waals surface area contributed by atoms with Crippen molar-refractivity contribution in [3.8, 4) is 0 Å². The Hall–Kier alpha value is -2.27. The largest absolute Gasteiger partial charge is 0.390 e. The van der Waals surface area contributed by atoms with E-state index in [2.05, 4.69) is 10.3 Å². The highest BCUT2D eigenvalue weighted by molar-refractivity contribution is 5.94. The van der Waals surface area contributed by atoms with Crippen LogP contribution in [0.1, 0.15) is 27.5 Å². The number of fused-ring (bicyclic) bond motifs is 1. The lowest BCUT2D eigenvalue weighted by atomic mass is 10.1. The van der Waals surface area contributed by atoms with E-state index in [9.17, 15) is 14.3 Å². The lowest BCUT2D eigenvalue weighted by molar-refractivity contribution is 0.0853. The summed E-state index contributed by atoms with van der Waals surface area (Å²) >= 11 is 0. The van der Waals surface area contributed by atoms with Gasteiger partial charge in [0.25, 0.3) is 5.91 Å². The van der Waals surface area contributed by atoms with Crippen LogP contribution in [0.3, 0.4) is 0 Å². The molecule has 3 rings (SSSR count). The highest BCUT2D eigenvalue weighted by Gasteiger charge is 2.32. The van der Waals surface area contributed by atoms with E-state index in [1.165, 1.54) is 18.3 Å². The molecule has 1 aromatic heterocycles. The van der Waals surface area contributed by atoms with Crippen molar-refractivity contribution in [3.63, 3.8) is 0 Å². The maximum Gasteiger partial charge on any atom is 0.256 e. The lowest BCUT2D eigenvalue weighted by Gasteiger charge is -2.18.